The van der Waals surface area contributed by atoms with E-state index >= 15 is 0 Å². The minimum atomic E-state index is -0.241. The molecule has 2 aromatic heterocycles. The lowest BCUT2D eigenvalue weighted by molar-refractivity contribution is 0.0996. The Morgan fingerprint density at radius 3 is 2.61 bits per heavy atom. The summed E-state index contributed by atoms with van der Waals surface area (Å²) < 4.78 is 16.8. The molecule has 0 bridgehead atoms. The Morgan fingerprint density at radius 1 is 1.18 bits per heavy atom. The fraction of sp³-hybridized carbons (Fsp3) is 0.423. The predicted molar refractivity (Wildman–Crippen MR) is 132 cm³/mol. The standard InChI is InChI=1S/C26H32N2O4S/c1-5-18-16-20(26(33-18)27-25(29)22-10-7-15-32-22)23(28-13-11-17(2)12-14-28)19-8-6-9-21(30-3)24(19)31-4/h6-10,15-17,23H,5,11-14H2,1-4H3,(H,27,29)/t23-/m1/s1. The molecule has 1 aromatic carbocycles. The van der Waals surface area contributed by atoms with Crippen molar-refractivity contribution in [1.29, 1.82) is 0 Å². The third-order valence-electron chi connectivity index (χ3n) is 6.34. The van der Waals surface area contributed by atoms with Gasteiger partial charge >= 0.3 is 0 Å². The van der Waals surface area contributed by atoms with Gasteiger partial charge in [0, 0.05) is 16.0 Å². The number of nitrogens with zero attached hydrogens (tertiary/aromatic N) is 1. The predicted octanol–water partition coefficient (Wildman–Crippen LogP) is 5.99. The third kappa shape index (κ3) is 4.94. The van der Waals surface area contributed by atoms with Gasteiger partial charge in [-0.2, -0.15) is 0 Å². The molecule has 3 heterocycles. The molecule has 1 aliphatic heterocycles. The SMILES string of the molecule is CCc1cc([C@@H](c2cccc(OC)c2OC)N2CCC(C)CC2)c(NC(=O)c2ccco2)s1. The summed E-state index contributed by atoms with van der Waals surface area (Å²) in [6.45, 7) is 6.41. The molecule has 33 heavy (non-hydrogen) atoms. The summed E-state index contributed by atoms with van der Waals surface area (Å²) in [5, 5.41) is 3.97. The van der Waals surface area contributed by atoms with Gasteiger partial charge in [-0.15, -0.1) is 11.3 Å². The van der Waals surface area contributed by atoms with Gasteiger partial charge < -0.3 is 19.2 Å². The van der Waals surface area contributed by atoms with Crippen LogP contribution in [0.5, 0.6) is 11.5 Å². The van der Waals surface area contributed by atoms with Crippen molar-refractivity contribution in [3.63, 3.8) is 0 Å². The number of carbonyl (C=O) groups excluding carboxylic acids is 1. The van der Waals surface area contributed by atoms with E-state index in [1.54, 1.807) is 37.7 Å². The number of aryl methyl sites for hydroxylation is 1. The summed E-state index contributed by atoms with van der Waals surface area (Å²) >= 11 is 1.62. The molecule has 7 heteroatoms. The van der Waals surface area contributed by atoms with E-state index in [9.17, 15) is 4.79 Å². The number of nitrogens with one attached hydrogen (secondary N) is 1. The van der Waals surface area contributed by atoms with Crippen molar-refractivity contribution >= 4 is 22.2 Å². The minimum absolute atomic E-state index is 0.0639. The summed E-state index contributed by atoms with van der Waals surface area (Å²) in [4.78, 5) is 16.6. The van der Waals surface area contributed by atoms with Gasteiger partial charge in [0.15, 0.2) is 17.3 Å². The third-order valence-corrected chi connectivity index (χ3v) is 7.55. The number of benzene rings is 1. The first-order valence-electron chi connectivity index (χ1n) is 11.5. The summed E-state index contributed by atoms with van der Waals surface area (Å²) in [6, 6.07) is 11.6. The topological polar surface area (TPSA) is 63.9 Å². The zero-order valence-electron chi connectivity index (χ0n) is 19.7. The van der Waals surface area contributed by atoms with E-state index in [1.165, 1.54) is 11.1 Å². The summed E-state index contributed by atoms with van der Waals surface area (Å²) in [5.41, 5.74) is 2.12. The zero-order valence-corrected chi connectivity index (χ0v) is 20.5. The molecular formula is C26H32N2O4S. The zero-order chi connectivity index (χ0) is 23.4. The Balaban J connectivity index is 1.81. The molecule has 1 saturated heterocycles. The van der Waals surface area contributed by atoms with Gasteiger partial charge in [-0.3, -0.25) is 9.69 Å². The number of thiophene rings is 1. The van der Waals surface area contributed by atoms with Gasteiger partial charge in [-0.05, 0) is 62.5 Å². The lowest BCUT2D eigenvalue weighted by Crippen LogP contribution is -2.37. The lowest BCUT2D eigenvalue weighted by atomic mass is 9.92. The number of ether oxygens (including phenoxy) is 2. The van der Waals surface area contributed by atoms with Crippen molar-refractivity contribution in [1.82, 2.24) is 4.90 Å². The van der Waals surface area contributed by atoms with Gasteiger partial charge in [-0.25, -0.2) is 0 Å². The highest BCUT2D eigenvalue weighted by atomic mass is 32.1. The highest BCUT2D eigenvalue weighted by Gasteiger charge is 2.32. The Morgan fingerprint density at radius 2 is 1.97 bits per heavy atom. The summed E-state index contributed by atoms with van der Waals surface area (Å²) in [7, 11) is 3.34. The van der Waals surface area contributed by atoms with Gasteiger partial charge in [-0.1, -0.05) is 26.0 Å². The van der Waals surface area contributed by atoms with E-state index in [4.69, 9.17) is 13.9 Å². The van der Waals surface area contributed by atoms with Crippen LogP contribution in [0.4, 0.5) is 5.00 Å². The molecule has 0 saturated carbocycles. The number of hydrogen-bond acceptors (Lipinski definition) is 6. The van der Waals surface area contributed by atoms with Gasteiger partial charge in [0.05, 0.1) is 26.5 Å². The molecule has 0 unspecified atom stereocenters. The largest absolute Gasteiger partial charge is 0.493 e. The average Bonchev–Trinajstić information content (AvgIpc) is 3.51. The molecule has 1 aliphatic rings. The monoisotopic (exact) mass is 468 g/mol. The molecular weight excluding hydrogens is 436 g/mol. The molecule has 0 aliphatic carbocycles. The number of hydrogen-bond donors (Lipinski definition) is 1. The van der Waals surface area contributed by atoms with Crippen molar-refractivity contribution in [3.05, 3.63) is 64.4 Å². The average molecular weight is 469 g/mol. The van der Waals surface area contributed by atoms with Crippen LogP contribution in [0.2, 0.25) is 0 Å². The van der Waals surface area contributed by atoms with Crippen molar-refractivity contribution < 1.29 is 18.7 Å². The van der Waals surface area contributed by atoms with Crippen molar-refractivity contribution in [3.8, 4) is 11.5 Å². The van der Waals surface area contributed by atoms with E-state index in [0.29, 0.717) is 17.4 Å². The first-order chi connectivity index (χ1) is 16.0. The van der Waals surface area contributed by atoms with Crippen molar-refractivity contribution in [2.75, 3.05) is 32.6 Å². The van der Waals surface area contributed by atoms with Crippen LogP contribution in [0.3, 0.4) is 0 Å². The molecule has 1 N–H and O–H groups in total. The van der Waals surface area contributed by atoms with E-state index in [2.05, 4.69) is 36.2 Å². The number of piperidine rings is 1. The number of likely N-dealkylation sites (tertiary alicyclic amines) is 1. The van der Waals surface area contributed by atoms with Crippen molar-refractivity contribution in [2.45, 2.75) is 39.2 Å². The first kappa shape index (κ1) is 23.4. The van der Waals surface area contributed by atoms with Gasteiger partial charge in [0.25, 0.3) is 5.91 Å². The van der Waals surface area contributed by atoms with E-state index < -0.39 is 0 Å². The Hall–Kier alpha value is -2.77. The first-order valence-corrected chi connectivity index (χ1v) is 12.3. The normalized spacial score (nSPS) is 15.9. The maximum atomic E-state index is 12.9. The minimum Gasteiger partial charge on any atom is -0.493 e. The van der Waals surface area contributed by atoms with Crippen LogP contribution in [0.15, 0.2) is 47.1 Å². The maximum absolute atomic E-state index is 12.9. The summed E-state index contributed by atoms with van der Waals surface area (Å²) in [6.07, 6.45) is 4.69. The molecule has 4 rings (SSSR count). The highest BCUT2D eigenvalue weighted by molar-refractivity contribution is 7.16. The van der Waals surface area contributed by atoms with E-state index in [1.807, 2.05) is 12.1 Å². The smallest absolute Gasteiger partial charge is 0.291 e. The van der Waals surface area contributed by atoms with Crippen LogP contribution in [0, 0.1) is 5.92 Å². The molecule has 1 atom stereocenters. The number of rotatable bonds is 8. The molecule has 3 aromatic rings. The van der Waals surface area contributed by atoms with Crippen LogP contribution < -0.4 is 14.8 Å². The molecule has 0 spiro atoms. The fourth-order valence-electron chi connectivity index (χ4n) is 4.48. The van der Waals surface area contributed by atoms with Crippen LogP contribution in [0.25, 0.3) is 0 Å². The Bertz CT molecular complexity index is 1070. The molecule has 176 valence electrons. The number of methoxy groups -OCH3 is 2. The van der Waals surface area contributed by atoms with Gasteiger partial charge in [0.2, 0.25) is 0 Å². The van der Waals surface area contributed by atoms with Crippen LogP contribution >= 0.6 is 11.3 Å². The highest BCUT2D eigenvalue weighted by Crippen LogP contribution is 2.45. The second-order valence-electron chi connectivity index (χ2n) is 8.49. The van der Waals surface area contributed by atoms with Crippen molar-refractivity contribution in [2.24, 2.45) is 5.92 Å². The van der Waals surface area contributed by atoms with Crippen LogP contribution in [-0.2, 0) is 6.42 Å². The quantitative estimate of drug-likeness (QED) is 0.440. The Kier molecular flexibility index (Phi) is 7.40. The fourth-order valence-corrected chi connectivity index (χ4v) is 5.51. The lowest BCUT2D eigenvalue weighted by Gasteiger charge is -2.38. The van der Waals surface area contributed by atoms with E-state index in [0.717, 1.165) is 54.2 Å². The number of carbonyl (C=O) groups is 1. The number of amides is 1. The Labute approximate surface area is 199 Å². The number of anilines is 1. The molecule has 1 fully saturated rings. The van der Waals surface area contributed by atoms with Gasteiger partial charge in [0.1, 0.15) is 5.00 Å². The second-order valence-corrected chi connectivity index (χ2v) is 9.62. The molecule has 6 nitrogen and oxygen atoms in total. The molecule has 0 radical (unpaired) electrons. The summed E-state index contributed by atoms with van der Waals surface area (Å²) in [5.74, 6) is 2.21. The number of furan rings is 1. The molecule has 1 amide bonds. The van der Waals surface area contributed by atoms with Crippen LogP contribution in [0.1, 0.15) is 59.3 Å². The second kappa shape index (κ2) is 10.4. The maximum Gasteiger partial charge on any atom is 0.291 e. The van der Waals surface area contributed by atoms with E-state index in [-0.39, 0.29) is 11.9 Å². The van der Waals surface area contributed by atoms with Crippen LogP contribution in [-0.4, -0.2) is 38.1 Å². The number of para-hydroxylation sites is 1.